The molecule has 1 saturated heterocycles. The quantitative estimate of drug-likeness (QED) is 0.624. The summed E-state index contributed by atoms with van der Waals surface area (Å²) in [5.41, 5.74) is 0.775. The van der Waals surface area contributed by atoms with Crippen molar-refractivity contribution < 1.29 is 9.31 Å². The second-order valence-corrected chi connectivity index (χ2v) is 6.33. The predicted molar refractivity (Wildman–Crippen MR) is 79.0 cm³/mol. The summed E-state index contributed by atoms with van der Waals surface area (Å²) in [5, 5.41) is 0.925. The fourth-order valence-electron chi connectivity index (χ4n) is 2.34. The lowest BCUT2D eigenvalue weighted by Gasteiger charge is -2.36. The van der Waals surface area contributed by atoms with Gasteiger partial charge in [-0.25, -0.2) is 0 Å². The summed E-state index contributed by atoms with van der Waals surface area (Å²) in [6.45, 7) is 6.36. The van der Waals surface area contributed by atoms with Crippen LogP contribution in [0.2, 0.25) is 0 Å². The Labute approximate surface area is 118 Å². The van der Waals surface area contributed by atoms with Crippen LogP contribution in [-0.4, -0.2) is 23.7 Å². The zero-order valence-corrected chi connectivity index (χ0v) is 12.9. The molecule has 0 amide bonds. The summed E-state index contributed by atoms with van der Waals surface area (Å²) in [4.78, 5) is 0. The normalized spacial score (nSPS) is 26.6. The summed E-state index contributed by atoms with van der Waals surface area (Å²) in [7, 11) is -0.147. The number of rotatable bonds is 4. The van der Waals surface area contributed by atoms with E-state index in [0.29, 0.717) is 0 Å². The molecule has 0 aliphatic carbocycles. The summed E-state index contributed by atoms with van der Waals surface area (Å²) in [5.74, 6) is 0. The van der Waals surface area contributed by atoms with Crippen molar-refractivity contribution in [2.75, 3.05) is 5.33 Å². The van der Waals surface area contributed by atoms with Crippen LogP contribution in [0.15, 0.2) is 30.3 Å². The second-order valence-electron chi connectivity index (χ2n) is 5.54. The first-order valence-electron chi connectivity index (χ1n) is 6.42. The number of benzene rings is 1. The number of hydrogen-bond acceptors (Lipinski definition) is 2. The lowest BCUT2D eigenvalue weighted by Crippen LogP contribution is -2.45. The van der Waals surface area contributed by atoms with Gasteiger partial charge in [0.1, 0.15) is 0 Å². The van der Waals surface area contributed by atoms with E-state index in [1.165, 1.54) is 5.56 Å². The number of hydrogen-bond donors (Lipinski definition) is 0. The maximum Gasteiger partial charge on any atom is 0.462 e. The molecular formula is C14H20BBrO2. The van der Waals surface area contributed by atoms with Gasteiger partial charge in [-0.3, -0.25) is 0 Å². The minimum atomic E-state index is -0.250. The zero-order valence-electron chi connectivity index (χ0n) is 11.3. The highest BCUT2D eigenvalue weighted by Crippen LogP contribution is 2.40. The molecule has 1 aliphatic heterocycles. The second kappa shape index (κ2) is 5.36. The standard InChI is InChI=1S/C14H20BBrO2/c1-13(2)14(3,9-10-16)18-15(17-13)11-12-7-5-4-6-8-12/h4-8H,9-11H2,1-3H3. The van der Waals surface area contributed by atoms with Crippen LogP contribution in [0.5, 0.6) is 0 Å². The van der Waals surface area contributed by atoms with Gasteiger partial charge in [-0.1, -0.05) is 51.8 Å². The summed E-state index contributed by atoms with van der Waals surface area (Å²) in [6, 6.07) is 10.3. The molecule has 0 saturated carbocycles. The SMILES string of the molecule is CC1(C)OB(Cc2ccccc2)OC1(C)CCBr. The van der Waals surface area contributed by atoms with Crippen LogP contribution >= 0.6 is 15.9 Å². The Hall–Kier alpha value is -0.315. The van der Waals surface area contributed by atoms with Crippen molar-refractivity contribution in [3.05, 3.63) is 35.9 Å². The van der Waals surface area contributed by atoms with E-state index >= 15 is 0 Å². The molecule has 1 atom stereocenters. The van der Waals surface area contributed by atoms with Gasteiger partial charge < -0.3 is 9.31 Å². The van der Waals surface area contributed by atoms with Gasteiger partial charge in [-0.2, -0.15) is 0 Å². The Morgan fingerprint density at radius 2 is 1.78 bits per heavy atom. The van der Waals surface area contributed by atoms with Crippen molar-refractivity contribution >= 4 is 23.0 Å². The Bertz CT molecular complexity index is 396. The lowest BCUT2D eigenvalue weighted by atomic mass is 9.81. The molecule has 0 bridgehead atoms. The Morgan fingerprint density at radius 3 is 2.39 bits per heavy atom. The lowest BCUT2D eigenvalue weighted by molar-refractivity contribution is -0.0108. The molecular weight excluding hydrogens is 291 g/mol. The van der Waals surface area contributed by atoms with Gasteiger partial charge in [0.25, 0.3) is 0 Å². The molecule has 2 nitrogen and oxygen atoms in total. The fourth-order valence-corrected chi connectivity index (χ4v) is 3.10. The van der Waals surface area contributed by atoms with Gasteiger partial charge in [-0.05, 0) is 27.2 Å². The highest BCUT2D eigenvalue weighted by Gasteiger charge is 2.53. The molecule has 1 unspecified atom stereocenters. The first kappa shape index (κ1) is 14.1. The minimum absolute atomic E-state index is 0.147. The molecule has 1 fully saturated rings. The minimum Gasteiger partial charge on any atom is -0.403 e. The molecule has 0 N–H and O–H groups in total. The van der Waals surface area contributed by atoms with Gasteiger partial charge in [0.2, 0.25) is 0 Å². The highest BCUT2D eigenvalue weighted by atomic mass is 79.9. The van der Waals surface area contributed by atoms with Crippen molar-refractivity contribution in [3.63, 3.8) is 0 Å². The van der Waals surface area contributed by atoms with Crippen molar-refractivity contribution in [1.82, 2.24) is 0 Å². The third kappa shape index (κ3) is 2.81. The van der Waals surface area contributed by atoms with E-state index in [4.69, 9.17) is 9.31 Å². The summed E-state index contributed by atoms with van der Waals surface area (Å²) < 4.78 is 12.2. The number of alkyl halides is 1. The predicted octanol–water partition coefficient (Wildman–Crippen LogP) is 3.63. The van der Waals surface area contributed by atoms with E-state index in [1.807, 2.05) is 18.2 Å². The summed E-state index contributed by atoms with van der Waals surface area (Å²) >= 11 is 3.50. The third-order valence-corrected chi connectivity index (χ3v) is 4.30. The van der Waals surface area contributed by atoms with E-state index < -0.39 is 0 Å². The topological polar surface area (TPSA) is 18.5 Å². The van der Waals surface area contributed by atoms with Crippen molar-refractivity contribution in [2.45, 2.75) is 44.7 Å². The van der Waals surface area contributed by atoms with E-state index in [-0.39, 0.29) is 18.3 Å². The maximum atomic E-state index is 6.16. The Morgan fingerprint density at radius 1 is 1.11 bits per heavy atom. The van der Waals surface area contributed by atoms with E-state index in [9.17, 15) is 0 Å². The average molecular weight is 311 g/mol. The molecule has 4 heteroatoms. The fraction of sp³-hybridized carbons (Fsp3) is 0.571. The molecule has 0 radical (unpaired) electrons. The maximum absolute atomic E-state index is 6.16. The zero-order chi connectivity index (χ0) is 13.2. The van der Waals surface area contributed by atoms with Crippen LogP contribution in [-0.2, 0) is 15.6 Å². The number of halogens is 1. The van der Waals surface area contributed by atoms with Crippen LogP contribution in [0.4, 0.5) is 0 Å². The van der Waals surface area contributed by atoms with Gasteiger partial charge in [0.15, 0.2) is 0 Å². The molecule has 1 heterocycles. The molecule has 1 aromatic carbocycles. The van der Waals surface area contributed by atoms with Crippen LogP contribution in [0, 0.1) is 0 Å². The molecule has 98 valence electrons. The average Bonchev–Trinajstić information content (AvgIpc) is 2.50. The Kier molecular flexibility index (Phi) is 4.20. The molecule has 1 aliphatic rings. The first-order valence-corrected chi connectivity index (χ1v) is 7.54. The highest BCUT2D eigenvalue weighted by molar-refractivity contribution is 9.09. The molecule has 1 aromatic rings. The van der Waals surface area contributed by atoms with Crippen LogP contribution in [0.1, 0.15) is 32.8 Å². The van der Waals surface area contributed by atoms with E-state index in [1.54, 1.807) is 0 Å². The van der Waals surface area contributed by atoms with Crippen LogP contribution < -0.4 is 0 Å². The van der Waals surface area contributed by atoms with Crippen molar-refractivity contribution in [2.24, 2.45) is 0 Å². The summed E-state index contributed by atoms with van der Waals surface area (Å²) in [6.07, 6.45) is 1.76. The van der Waals surface area contributed by atoms with E-state index in [0.717, 1.165) is 18.1 Å². The first-order chi connectivity index (χ1) is 8.47. The molecule has 0 spiro atoms. The largest absolute Gasteiger partial charge is 0.462 e. The monoisotopic (exact) mass is 310 g/mol. The third-order valence-electron chi connectivity index (χ3n) is 3.91. The van der Waals surface area contributed by atoms with Crippen molar-refractivity contribution in [1.29, 1.82) is 0 Å². The smallest absolute Gasteiger partial charge is 0.403 e. The molecule has 0 aromatic heterocycles. The Balaban J connectivity index is 2.06. The molecule has 2 rings (SSSR count). The van der Waals surface area contributed by atoms with Crippen LogP contribution in [0.25, 0.3) is 0 Å². The van der Waals surface area contributed by atoms with Crippen LogP contribution in [0.3, 0.4) is 0 Å². The molecule has 18 heavy (non-hydrogen) atoms. The van der Waals surface area contributed by atoms with Gasteiger partial charge in [-0.15, -0.1) is 0 Å². The van der Waals surface area contributed by atoms with E-state index in [2.05, 4.69) is 48.8 Å². The van der Waals surface area contributed by atoms with Gasteiger partial charge in [0.05, 0.1) is 11.2 Å². The van der Waals surface area contributed by atoms with Gasteiger partial charge >= 0.3 is 7.12 Å². The van der Waals surface area contributed by atoms with Gasteiger partial charge in [0, 0.05) is 11.7 Å². The van der Waals surface area contributed by atoms with Crippen molar-refractivity contribution in [3.8, 4) is 0 Å².